The molecular formula is C15H16FN3O2. The molecule has 0 aliphatic rings. The van der Waals surface area contributed by atoms with Crippen molar-refractivity contribution in [2.45, 2.75) is 13.1 Å². The smallest absolute Gasteiger partial charge is 0.248 e. The van der Waals surface area contributed by atoms with Gasteiger partial charge < -0.3 is 15.8 Å². The van der Waals surface area contributed by atoms with E-state index >= 15 is 0 Å². The SMILES string of the molecule is COc1ccc(CNCc2ccc(C(N)=O)cc2F)cn1. The molecule has 1 heterocycles. The number of carbonyl (C=O) groups excluding carboxylic acids is 1. The lowest BCUT2D eigenvalue weighted by Crippen LogP contribution is -2.15. The number of amides is 1. The molecule has 2 aromatic rings. The van der Waals surface area contributed by atoms with E-state index in [1.807, 2.05) is 6.07 Å². The van der Waals surface area contributed by atoms with E-state index in [4.69, 9.17) is 10.5 Å². The number of methoxy groups -OCH3 is 1. The van der Waals surface area contributed by atoms with Gasteiger partial charge >= 0.3 is 0 Å². The van der Waals surface area contributed by atoms with Gasteiger partial charge in [0.05, 0.1) is 7.11 Å². The largest absolute Gasteiger partial charge is 0.481 e. The first kappa shape index (κ1) is 14.9. The summed E-state index contributed by atoms with van der Waals surface area (Å²) in [4.78, 5) is 15.0. The molecule has 21 heavy (non-hydrogen) atoms. The van der Waals surface area contributed by atoms with Crippen LogP contribution < -0.4 is 15.8 Å². The van der Waals surface area contributed by atoms with Gasteiger partial charge in [0.1, 0.15) is 5.82 Å². The number of carbonyl (C=O) groups is 1. The molecule has 0 unspecified atom stereocenters. The summed E-state index contributed by atoms with van der Waals surface area (Å²) in [7, 11) is 1.55. The maximum Gasteiger partial charge on any atom is 0.248 e. The van der Waals surface area contributed by atoms with Crippen molar-refractivity contribution in [1.82, 2.24) is 10.3 Å². The average Bonchev–Trinajstić information content (AvgIpc) is 2.49. The number of ether oxygens (including phenoxy) is 1. The van der Waals surface area contributed by atoms with E-state index in [1.165, 1.54) is 6.07 Å². The van der Waals surface area contributed by atoms with Crippen LogP contribution in [0.1, 0.15) is 21.5 Å². The summed E-state index contributed by atoms with van der Waals surface area (Å²) >= 11 is 0. The Balaban J connectivity index is 1.92. The fraction of sp³-hybridized carbons (Fsp3) is 0.200. The van der Waals surface area contributed by atoms with Crippen molar-refractivity contribution < 1.29 is 13.9 Å². The Bertz CT molecular complexity index is 629. The van der Waals surface area contributed by atoms with Gasteiger partial charge in [-0.3, -0.25) is 4.79 Å². The number of primary amides is 1. The van der Waals surface area contributed by atoms with Crippen LogP contribution in [0.15, 0.2) is 36.5 Å². The highest BCUT2D eigenvalue weighted by molar-refractivity contribution is 5.92. The van der Waals surface area contributed by atoms with Gasteiger partial charge in [0.15, 0.2) is 0 Å². The molecule has 0 spiro atoms. The van der Waals surface area contributed by atoms with Gasteiger partial charge in [0, 0.05) is 36.5 Å². The maximum atomic E-state index is 13.8. The molecule has 0 fully saturated rings. The van der Waals surface area contributed by atoms with Crippen molar-refractivity contribution in [2.24, 2.45) is 5.73 Å². The van der Waals surface area contributed by atoms with Crippen molar-refractivity contribution >= 4 is 5.91 Å². The highest BCUT2D eigenvalue weighted by Crippen LogP contribution is 2.11. The number of nitrogens with one attached hydrogen (secondary N) is 1. The summed E-state index contributed by atoms with van der Waals surface area (Å²) in [6, 6.07) is 7.85. The van der Waals surface area contributed by atoms with Gasteiger partial charge in [-0.1, -0.05) is 12.1 Å². The van der Waals surface area contributed by atoms with E-state index in [0.29, 0.717) is 24.5 Å². The number of rotatable bonds is 6. The predicted octanol–water partition coefficient (Wildman–Crippen LogP) is 1.62. The van der Waals surface area contributed by atoms with Crippen LogP contribution in [0.2, 0.25) is 0 Å². The molecule has 0 saturated heterocycles. The topological polar surface area (TPSA) is 77.2 Å². The minimum absolute atomic E-state index is 0.163. The third-order valence-corrected chi connectivity index (χ3v) is 2.99. The predicted molar refractivity (Wildman–Crippen MR) is 76.3 cm³/mol. The molecule has 5 nitrogen and oxygen atoms in total. The molecule has 2 rings (SSSR count). The number of aromatic nitrogens is 1. The molecule has 3 N–H and O–H groups in total. The van der Waals surface area contributed by atoms with E-state index < -0.39 is 11.7 Å². The molecule has 0 bridgehead atoms. The quantitative estimate of drug-likeness (QED) is 0.847. The fourth-order valence-corrected chi connectivity index (χ4v) is 1.82. The maximum absolute atomic E-state index is 13.8. The Kier molecular flexibility index (Phi) is 4.84. The minimum atomic E-state index is -0.641. The molecular weight excluding hydrogens is 273 g/mol. The summed E-state index contributed by atoms with van der Waals surface area (Å²) in [6.07, 6.45) is 1.69. The number of hydrogen-bond donors (Lipinski definition) is 2. The number of nitrogens with zero attached hydrogens (tertiary/aromatic N) is 1. The molecule has 1 aromatic heterocycles. The number of nitrogens with two attached hydrogens (primary N) is 1. The highest BCUT2D eigenvalue weighted by Gasteiger charge is 2.06. The zero-order chi connectivity index (χ0) is 15.2. The minimum Gasteiger partial charge on any atom is -0.481 e. The van der Waals surface area contributed by atoms with E-state index in [2.05, 4.69) is 10.3 Å². The fourth-order valence-electron chi connectivity index (χ4n) is 1.82. The average molecular weight is 289 g/mol. The Hall–Kier alpha value is -2.47. The molecule has 0 aliphatic heterocycles. The molecule has 0 aliphatic carbocycles. The Morgan fingerprint density at radius 3 is 2.71 bits per heavy atom. The second kappa shape index (κ2) is 6.81. The first-order valence-electron chi connectivity index (χ1n) is 6.38. The zero-order valence-electron chi connectivity index (χ0n) is 11.6. The third-order valence-electron chi connectivity index (χ3n) is 2.99. The summed E-state index contributed by atoms with van der Waals surface area (Å²) in [5, 5.41) is 3.11. The van der Waals surface area contributed by atoms with Gasteiger partial charge in [-0.15, -0.1) is 0 Å². The Labute approximate surface area is 121 Å². The number of benzene rings is 1. The van der Waals surface area contributed by atoms with Gasteiger partial charge in [-0.05, 0) is 17.7 Å². The van der Waals surface area contributed by atoms with Crippen LogP contribution in [0, 0.1) is 5.82 Å². The highest BCUT2D eigenvalue weighted by atomic mass is 19.1. The van der Waals surface area contributed by atoms with Crippen molar-refractivity contribution in [1.29, 1.82) is 0 Å². The molecule has 1 amide bonds. The van der Waals surface area contributed by atoms with E-state index in [-0.39, 0.29) is 5.56 Å². The van der Waals surface area contributed by atoms with Gasteiger partial charge in [0.2, 0.25) is 11.8 Å². The van der Waals surface area contributed by atoms with Crippen LogP contribution in [-0.2, 0) is 13.1 Å². The first-order chi connectivity index (χ1) is 10.1. The van der Waals surface area contributed by atoms with Crippen molar-refractivity contribution in [3.63, 3.8) is 0 Å². The molecule has 0 radical (unpaired) electrons. The third kappa shape index (κ3) is 4.00. The summed E-state index contributed by atoms with van der Waals surface area (Å²) < 4.78 is 18.7. The van der Waals surface area contributed by atoms with Gasteiger partial charge in [0.25, 0.3) is 0 Å². The molecule has 0 saturated carbocycles. The lowest BCUT2D eigenvalue weighted by atomic mass is 10.1. The lowest BCUT2D eigenvalue weighted by Gasteiger charge is -2.07. The molecule has 0 atom stereocenters. The van der Waals surface area contributed by atoms with Crippen LogP contribution in [0.4, 0.5) is 4.39 Å². The van der Waals surface area contributed by atoms with Crippen LogP contribution in [0.25, 0.3) is 0 Å². The van der Waals surface area contributed by atoms with E-state index in [0.717, 1.165) is 11.6 Å². The van der Waals surface area contributed by atoms with E-state index in [9.17, 15) is 9.18 Å². The normalized spacial score (nSPS) is 10.4. The number of pyridine rings is 1. The number of halogens is 1. The second-order valence-electron chi connectivity index (χ2n) is 4.48. The molecule has 1 aromatic carbocycles. The van der Waals surface area contributed by atoms with E-state index in [1.54, 1.807) is 25.4 Å². The van der Waals surface area contributed by atoms with Crippen LogP contribution in [0.3, 0.4) is 0 Å². The molecule has 110 valence electrons. The number of hydrogen-bond acceptors (Lipinski definition) is 4. The van der Waals surface area contributed by atoms with Crippen LogP contribution in [-0.4, -0.2) is 18.0 Å². The summed E-state index contributed by atoms with van der Waals surface area (Å²) in [6.45, 7) is 0.894. The van der Waals surface area contributed by atoms with Crippen molar-refractivity contribution in [3.8, 4) is 5.88 Å². The van der Waals surface area contributed by atoms with Crippen molar-refractivity contribution in [2.75, 3.05) is 7.11 Å². The van der Waals surface area contributed by atoms with Crippen LogP contribution >= 0.6 is 0 Å². The summed E-state index contributed by atoms with van der Waals surface area (Å²) in [5.74, 6) is -0.545. The van der Waals surface area contributed by atoms with Gasteiger partial charge in [-0.25, -0.2) is 9.37 Å². The lowest BCUT2D eigenvalue weighted by molar-refractivity contribution is 0.1000. The molecule has 6 heteroatoms. The standard InChI is InChI=1S/C15H16FN3O2/c1-21-14-5-2-10(8-19-14)7-18-9-12-4-3-11(15(17)20)6-13(12)16/h2-6,8,18H,7,9H2,1H3,(H2,17,20). The Morgan fingerprint density at radius 1 is 1.33 bits per heavy atom. The van der Waals surface area contributed by atoms with Crippen LogP contribution in [0.5, 0.6) is 5.88 Å². The Morgan fingerprint density at radius 2 is 2.14 bits per heavy atom. The monoisotopic (exact) mass is 289 g/mol. The second-order valence-corrected chi connectivity index (χ2v) is 4.48. The van der Waals surface area contributed by atoms with Gasteiger partial charge in [-0.2, -0.15) is 0 Å². The first-order valence-corrected chi connectivity index (χ1v) is 6.38. The van der Waals surface area contributed by atoms with Crippen molar-refractivity contribution in [3.05, 3.63) is 59.0 Å². The summed E-state index contributed by atoms with van der Waals surface area (Å²) in [5.41, 5.74) is 6.69. The zero-order valence-corrected chi connectivity index (χ0v) is 11.6.